The number of aliphatic hydroxyl groups is 1. The summed E-state index contributed by atoms with van der Waals surface area (Å²) in [7, 11) is 1.87. The molecule has 6 nitrogen and oxygen atoms in total. The molecule has 2 aromatic rings. The lowest BCUT2D eigenvalue weighted by Crippen LogP contribution is -2.13. The third-order valence-corrected chi connectivity index (χ3v) is 3.24. The number of hydrogen-bond donors (Lipinski definition) is 1. The van der Waals surface area contributed by atoms with E-state index in [1.54, 1.807) is 17.2 Å². The lowest BCUT2D eigenvalue weighted by molar-refractivity contribution is 0.172. The average molecular weight is 263 g/mol. The van der Waals surface area contributed by atoms with Crippen LogP contribution in [0.3, 0.4) is 0 Å². The second-order valence-corrected chi connectivity index (χ2v) is 5.28. The molecule has 0 aliphatic heterocycles. The molecule has 0 saturated heterocycles. The first-order valence-electron chi connectivity index (χ1n) is 6.52. The van der Waals surface area contributed by atoms with Gasteiger partial charge >= 0.3 is 0 Å². The van der Waals surface area contributed by atoms with Crippen LogP contribution >= 0.6 is 0 Å². The summed E-state index contributed by atoms with van der Waals surface area (Å²) < 4.78 is 3.62. The first kappa shape index (κ1) is 13.7. The van der Waals surface area contributed by atoms with E-state index in [1.807, 2.05) is 18.7 Å². The summed E-state index contributed by atoms with van der Waals surface area (Å²) in [6.45, 7) is 7.03. The van der Waals surface area contributed by atoms with Gasteiger partial charge in [0.2, 0.25) is 0 Å². The van der Waals surface area contributed by atoms with E-state index >= 15 is 0 Å². The zero-order chi connectivity index (χ0) is 14.0. The molecule has 1 unspecified atom stereocenters. The van der Waals surface area contributed by atoms with Gasteiger partial charge in [0.25, 0.3) is 0 Å². The second-order valence-electron chi connectivity index (χ2n) is 5.28. The third-order valence-electron chi connectivity index (χ3n) is 3.24. The van der Waals surface area contributed by atoms with E-state index in [1.165, 1.54) is 0 Å². The topological polar surface area (TPSA) is 68.8 Å². The molecular weight excluding hydrogens is 242 g/mol. The Morgan fingerprint density at radius 3 is 2.63 bits per heavy atom. The highest BCUT2D eigenvalue weighted by molar-refractivity contribution is 5.19. The van der Waals surface area contributed by atoms with E-state index in [-0.39, 0.29) is 0 Å². The largest absolute Gasteiger partial charge is 0.388 e. The van der Waals surface area contributed by atoms with Crippen LogP contribution in [0.1, 0.15) is 37.0 Å². The Morgan fingerprint density at radius 2 is 2.05 bits per heavy atom. The number of aromatic nitrogens is 5. The van der Waals surface area contributed by atoms with Gasteiger partial charge in [-0.3, -0.25) is 4.68 Å². The van der Waals surface area contributed by atoms with Crippen LogP contribution in [0.25, 0.3) is 0 Å². The second kappa shape index (κ2) is 5.52. The Kier molecular flexibility index (Phi) is 3.99. The lowest BCUT2D eigenvalue weighted by atomic mass is 10.1. The van der Waals surface area contributed by atoms with Gasteiger partial charge in [-0.25, -0.2) is 9.67 Å². The van der Waals surface area contributed by atoms with Gasteiger partial charge in [-0.15, -0.1) is 0 Å². The van der Waals surface area contributed by atoms with Crippen LogP contribution < -0.4 is 0 Å². The number of aliphatic hydroxyl groups excluding tert-OH is 1. The van der Waals surface area contributed by atoms with Crippen molar-refractivity contribution in [3.05, 3.63) is 29.6 Å². The molecule has 0 spiro atoms. The summed E-state index contributed by atoms with van der Waals surface area (Å²) in [5.41, 5.74) is 1.82. The standard InChI is InChI=1S/C13H21N5O/c1-9(2)7-18-13(14-8-16-18)5-12(19)11-6-15-17(4)10(11)3/h6,8-9,12,19H,5,7H2,1-4H3. The summed E-state index contributed by atoms with van der Waals surface area (Å²) in [6.07, 6.45) is 3.12. The molecular formula is C13H21N5O. The Bertz CT molecular complexity index is 543. The molecule has 1 N–H and O–H groups in total. The molecule has 0 amide bonds. The highest BCUT2D eigenvalue weighted by atomic mass is 16.3. The number of nitrogens with zero attached hydrogens (tertiary/aromatic N) is 5. The zero-order valence-electron chi connectivity index (χ0n) is 11.9. The van der Waals surface area contributed by atoms with Crippen LogP contribution in [0.5, 0.6) is 0 Å². The molecule has 104 valence electrons. The molecule has 0 aromatic carbocycles. The van der Waals surface area contributed by atoms with E-state index in [0.29, 0.717) is 12.3 Å². The fourth-order valence-corrected chi connectivity index (χ4v) is 2.07. The summed E-state index contributed by atoms with van der Waals surface area (Å²) >= 11 is 0. The van der Waals surface area contributed by atoms with Gasteiger partial charge in [-0.05, 0) is 12.8 Å². The van der Waals surface area contributed by atoms with E-state index in [4.69, 9.17) is 0 Å². The van der Waals surface area contributed by atoms with Gasteiger partial charge in [0.1, 0.15) is 12.2 Å². The highest BCUT2D eigenvalue weighted by Crippen LogP contribution is 2.20. The molecule has 0 fully saturated rings. The SMILES string of the molecule is Cc1c(C(O)Cc2ncnn2CC(C)C)cnn1C. The third kappa shape index (κ3) is 3.01. The van der Waals surface area contributed by atoms with Gasteiger partial charge in [0.15, 0.2) is 0 Å². The maximum Gasteiger partial charge on any atom is 0.138 e. The van der Waals surface area contributed by atoms with Crippen LogP contribution in [-0.2, 0) is 20.0 Å². The van der Waals surface area contributed by atoms with Crippen molar-refractivity contribution in [2.75, 3.05) is 0 Å². The molecule has 6 heteroatoms. The van der Waals surface area contributed by atoms with E-state index in [0.717, 1.165) is 23.6 Å². The van der Waals surface area contributed by atoms with Crippen molar-refractivity contribution in [2.45, 2.75) is 39.8 Å². The van der Waals surface area contributed by atoms with Crippen LogP contribution in [0.4, 0.5) is 0 Å². The maximum atomic E-state index is 10.3. The quantitative estimate of drug-likeness (QED) is 0.881. The van der Waals surface area contributed by atoms with Gasteiger partial charge in [0, 0.05) is 31.3 Å². The van der Waals surface area contributed by atoms with Crippen molar-refractivity contribution in [1.82, 2.24) is 24.5 Å². The summed E-state index contributed by atoms with van der Waals surface area (Å²) in [5.74, 6) is 1.31. The predicted molar refractivity (Wildman–Crippen MR) is 71.5 cm³/mol. The van der Waals surface area contributed by atoms with Crippen LogP contribution in [0.2, 0.25) is 0 Å². The summed E-state index contributed by atoms with van der Waals surface area (Å²) in [5, 5.41) is 18.7. The molecule has 0 saturated carbocycles. The number of aryl methyl sites for hydroxylation is 1. The Labute approximate surface area is 113 Å². The molecule has 0 aliphatic rings. The van der Waals surface area contributed by atoms with Crippen LogP contribution in [-0.4, -0.2) is 29.7 Å². The van der Waals surface area contributed by atoms with Crippen LogP contribution in [0.15, 0.2) is 12.5 Å². The first-order chi connectivity index (χ1) is 8.99. The van der Waals surface area contributed by atoms with Crippen molar-refractivity contribution in [1.29, 1.82) is 0 Å². The van der Waals surface area contributed by atoms with E-state index in [9.17, 15) is 5.11 Å². The van der Waals surface area contributed by atoms with Gasteiger partial charge < -0.3 is 5.11 Å². The Hall–Kier alpha value is -1.69. The van der Waals surface area contributed by atoms with Crippen molar-refractivity contribution in [2.24, 2.45) is 13.0 Å². The molecule has 2 rings (SSSR count). The molecule has 1 atom stereocenters. The lowest BCUT2D eigenvalue weighted by Gasteiger charge is -2.12. The molecule has 2 heterocycles. The minimum atomic E-state index is -0.594. The molecule has 0 bridgehead atoms. The fourth-order valence-electron chi connectivity index (χ4n) is 2.07. The summed E-state index contributed by atoms with van der Waals surface area (Å²) in [4.78, 5) is 4.24. The number of hydrogen-bond acceptors (Lipinski definition) is 4. The predicted octanol–water partition coefficient (Wildman–Crippen LogP) is 1.25. The Balaban J connectivity index is 2.13. The van der Waals surface area contributed by atoms with Crippen molar-refractivity contribution in [3.8, 4) is 0 Å². The molecule has 2 aromatic heterocycles. The molecule has 0 radical (unpaired) electrons. The van der Waals surface area contributed by atoms with E-state index in [2.05, 4.69) is 29.0 Å². The van der Waals surface area contributed by atoms with Gasteiger partial charge in [-0.2, -0.15) is 10.2 Å². The van der Waals surface area contributed by atoms with Gasteiger partial charge in [0.05, 0.1) is 12.3 Å². The van der Waals surface area contributed by atoms with Gasteiger partial charge in [-0.1, -0.05) is 13.8 Å². The summed E-state index contributed by atoms with van der Waals surface area (Å²) in [6, 6.07) is 0. The first-order valence-corrected chi connectivity index (χ1v) is 6.52. The van der Waals surface area contributed by atoms with E-state index < -0.39 is 6.10 Å². The Morgan fingerprint density at radius 1 is 1.32 bits per heavy atom. The monoisotopic (exact) mass is 263 g/mol. The fraction of sp³-hybridized carbons (Fsp3) is 0.615. The zero-order valence-corrected chi connectivity index (χ0v) is 11.9. The minimum absolute atomic E-state index is 0.458. The molecule has 0 aliphatic carbocycles. The minimum Gasteiger partial charge on any atom is -0.388 e. The highest BCUT2D eigenvalue weighted by Gasteiger charge is 2.17. The van der Waals surface area contributed by atoms with Crippen LogP contribution in [0, 0.1) is 12.8 Å². The normalized spacial score (nSPS) is 13.2. The average Bonchev–Trinajstić information content (AvgIpc) is 2.88. The molecule has 19 heavy (non-hydrogen) atoms. The van der Waals surface area contributed by atoms with Crippen molar-refractivity contribution in [3.63, 3.8) is 0 Å². The maximum absolute atomic E-state index is 10.3. The van der Waals surface area contributed by atoms with Crippen molar-refractivity contribution < 1.29 is 5.11 Å². The number of rotatable bonds is 5. The van der Waals surface area contributed by atoms with Crippen molar-refractivity contribution >= 4 is 0 Å². The smallest absolute Gasteiger partial charge is 0.138 e.